The van der Waals surface area contributed by atoms with Crippen LogP contribution in [0.1, 0.15) is 23.7 Å². The second-order valence-electron chi connectivity index (χ2n) is 4.80. The average Bonchev–Trinajstić information content (AvgIpc) is 2.45. The first-order chi connectivity index (χ1) is 10.3. The number of rotatable bonds is 3. The van der Waals surface area contributed by atoms with Crippen molar-refractivity contribution in [3.8, 4) is 11.3 Å². The number of alkyl halides is 3. The lowest BCUT2D eigenvalue weighted by Crippen LogP contribution is -2.04. The SMILES string of the molecule is CC(=O)OCc1ccc(-c2ccc(C(F)(F)F)cc2)nc1C. The van der Waals surface area contributed by atoms with Crippen LogP contribution in [0.4, 0.5) is 13.2 Å². The number of aryl methyl sites for hydroxylation is 1. The molecular weight excluding hydrogens is 295 g/mol. The third-order valence-corrected chi connectivity index (χ3v) is 3.13. The minimum absolute atomic E-state index is 0.126. The molecule has 0 aliphatic carbocycles. The van der Waals surface area contributed by atoms with Crippen molar-refractivity contribution in [1.29, 1.82) is 0 Å². The topological polar surface area (TPSA) is 39.2 Å². The molecule has 1 heterocycles. The molecule has 0 aliphatic rings. The van der Waals surface area contributed by atoms with E-state index in [4.69, 9.17) is 4.74 Å². The molecule has 0 amide bonds. The molecule has 0 atom stereocenters. The van der Waals surface area contributed by atoms with Gasteiger partial charge in [0.05, 0.1) is 11.3 Å². The van der Waals surface area contributed by atoms with Gasteiger partial charge in [0.2, 0.25) is 0 Å². The molecule has 0 unspecified atom stereocenters. The summed E-state index contributed by atoms with van der Waals surface area (Å²) in [5.41, 5.74) is 1.89. The van der Waals surface area contributed by atoms with Crippen molar-refractivity contribution < 1.29 is 22.7 Å². The normalized spacial score (nSPS) is 11.3. The molecule has 0 radical (unpaired) electrons. The lowest BCUT2D eigenvalue weighted by molar-refractivity contribution is -0.142. The summed E-state index contributed by atoms with van der Waals surface area (Å²) in [6.07, 6.45) is -4.35. The Hall–Kier alpha value is -2.37. The Morgan fingerprint density at radius 3 is 2.27 bits per heavy atom. The number of ether oxygens (including phenoxy) is 1. The van der Waals surface area contributed by atoms with Crippen molar-refractivity contribution in [2.75, 3.05) is 0 Å². The first kappa shape index (κ1) is 16.0. The molecule has 116 valence electrons. The number of nitrogens with zero attached hydrogens (tertiary/aromatic N) is 1. The number of halogens is 3. The molecule has 1 aromatic carbocycles. The summed E-state index contributed by atoms with van der Waals surface area (Å²) >= 11 is 0. The van der Waals surface area contributed by atoms with Crippen LogP contribution in [0.3, 0.4) is 0 Å². The van der Waals surface area contributed by atoms with E-state index in [-0.39, 0.29) is 12.6 Å². The monoisotopic (exact) mass is 309 g/mol. The Morgan fingerprint density at radius 1 is 1.14 bits per heavy atom. The maximum absolute atomic E-state index is 12.5. The van der Waals surface area contributed by atoms with Crippen LogP contribution in [0.25, 0.3) is 11.3 Å². The van der Waals surface area contributed by atoms with Crippen LogP contribution in [0.2, 0.25) is 0 Å². The second kappa shape index (κ2) is 6.17. The highest BCUT2D eigenvalue weighted by atomic mass is 19.4. The number of carbonyl (C=O) groups excluding carboxylic acids is 1. The average molecular weight is 309 g/mol. The molecule has 0 fully saturated rings. The fraction of sp³-hybridized carbons (Fsp3) is 0.250. The zero-order chi connectivity index (χ0) is 16.3. The van der Waals surface area contributed by atoms with E-state index in [0.29, 0.717) is 17.0 Å². The minimum Gasteiger partial charge on any atom is -0.461 e. The van der Waals surface area contributed by atoms with Crippen LogP contribution in [-0.2, 0) is 22.3 Å². The quantitative estimate of drug-likeness (QED) is 0.800. The molecule has 22 heavy (non-hydrogen) atoms. The van der Waals surface area contributed by atoms with Gasteiger partial charge in [-0.2, -0.15) is 13.2 Å². The number of carbonyl (C=O) groups is 1. The number of hydrogen-bond acceptors (Lipinski definition) is 3. The fourth-order valence-electron chi connectivity index (χ4n) is 1.91. The molecule has 6 heteroatoms. The molecule has 0 aliphatic heterocycles. The van der Waals surface area contributed by atoms with Crippen molar-refractivity contribution in [3.63, 3.8) is 0 Å². The van der Waals surface area contributed by atoms with E-state index in [1.165, 1.54) is 19.1 Å². The second-order valence-corrected chi connectivity index (χ2v) is 4.80. The molecule has 0 saturated heterocycles. The van der Waals surface area contributed by atoms with Crippen LogP contribution in [0.5, 0.6) is 0 Å². The lowest BCUT2D eigenvalue weighted by Gasteiger charge is -2.10. The van der Waals surface area contributed by atoms with E-state index in [1.54, 1.807) is 19.1 Å². The van der Waals surface area contributed by atoms with E-state index in [9.17, 15) is 18.0 Å². The summed E-state index contributed by atoms with van der Waals surface area (Å²) in [6, 6.07) is 8.26. The van der Waals surface area contributed by atoms with Gasteiger partial charge in [0.25, 0.3) is 0 Å². The van der Waals surface area contributed by atoms with Gasteiger partial charge in [0, 0.05) is 23.7 Å². The zero-order valence-electron chi connectivity index (χ0n) is 12.1. The van der Waals surface area contributed by atoms with Crippen molar-refractivity contribution in [3.05, 3.63) is 53.2 Å². The van der Waals surface area contributed by atoms with Crippen molar-refractivity contribution in [1.82, 2.24) is 4.98 Å². The highest BCUT2D eigenvalue weighted by Gasteiger charge is 2.30. The maximum atomic E-state index is 12.5. The van der Waals surface area contributed by atoms with Crippen LogP contribution < -0.4 is 0 Å². The van der Waals surface area contributed by atoms with E-state index in [2.05, 4.69) is 4.98 Å². The van der Waals surface area contributed by atoms with E-state index in [1.807, 2.05) is 0 Å². The van der Waals surface area contributed by atoms with Gasteiger partial charge < -0.3 is 4.74 Å². The van der Waals surface area contributed by atoms with E-state index in [0.717, 1.165) is 17.7 Å². The number of aromatic nitrogens is 1. The highest BCUT2D eigenvalue weighted by molar-refractivity contribution is 5.66. The van der Waals surface area contributed by atoms with Gasteiger partial charge in [0.1, 0.15) is 6.61 Å². The van der Waals surface area contributed by atoms with Crippen LogP contribution in [0, 0.1) is 6.92 Å². The van der Waals surface area contributed by atoms with E-state index >= 15 is 0 Å². The molecule has 0 bridgehead atoms. The number of benzene rings is 1. The Labute approximate surface area is 125 Å². The standard InChI is InChI=1S/C16H14F3NO2/c1-10-13(9-22-11(2)21)5-8-15(20-10)12-3-6-14(7-4-12)16(17,18)19/h3-8H,9H2,1-2H3. The maximum Gasteiger partial charge on any atom is 0.416 e. The predicted octanol–water partition coefficient (Wildman–Crippen LogP) is 4.14. The summed E-state index contributed by atoms with van der Waals surface area (Å²) in [5, 5.41) is 0. The van der Waals surface area contributed by atoms with Gasteiger partial charge in [-0.1, -0.05) is 18.2 Å². The largest absolute Gasteiger partial charge is 0.461 e. The Morgan fingerprint density at radius 2 is 1.77 bits per heavy atom. The molecule has 0 saturated carbocycles. The van der Waals surface area contributed by atoms with Crippen LogP contribution in [0.15, 0.2) is 36.4 Å². The molecular formula is C16H14F3NO2. The highest BCUT2D eigenvalue weighted by Crippen LogP contribution is 2.30. The molecule has 0 spiro atoms. The van der Waals surface area contributed by atoms with Gasteiger partial charge in [-0.05, 0) is 25.1 Å². The number of hydrogen-bond donors (Lipinski definition) is 0. The zero-order valence-corrected chi connectivity index (χ0v) is 12.1. The van der Waals surface area contributed by atoms with E-state index < -0.39 is 11.7 Å². The Balaban J connectivity index is 2.23. The van der Waals surface area contributed by atoms with Gasteiger partial charge in [-0.25, -0.2) is 0 Å². The third kappa shape index (κ3) is 3.84. The first-order valence-corrected chi connectivity index (χ1v) is 6.55. The first-order valence-electron chi connectivity index (χ1n) is 6.55. The van der Waals surface area contributed by atoms with Gasteiger partial charge in [-0.15, -0.1) is 0 Å². The molecule has 1 aromatic heterocycles. The number of esters is 1. The Bertz CT molecular complexity index is 679. The van der Waals surface area contributed by atoms with Crippen molar-refractivity contribution in [2.24, 2.45) is 0 Å². The van der Waals surface area contributed by atoms with Gasteiger partial charge >= 0.3 is 12.1 Å². The number of pyridine rings is 1. The summed E-state index contributed by atoms with van der Waals surface area (Å²) in [4.78, 5) is 15.1. The third-order valence-electron chi connectivity index (χ3n) is 3.13. The summed E-state index contributed by atoms with van der Waals surface area (Å²) < 4.78 is 42.5. The molecule has 2 aromatic rings. The van der Waals surface area contributed by atoms with Crippen molar-refractivity contribution >= 4 is 5.97 Å². The lowest BCUT2D eigenvalue weighted by atomic mass is 10.1. The smallest absolute Gasteiger partial charge is 0.416 e. The summed E-state index contributed by atoms with van der Waals surface area (Å²) in [5.74, 6) is -0.383. The Kier molecular flexibility index (Phi) is 4.49. The fourth-order valence-corrected chi connectivity index (χ4v) is 1.91. The van der Waals surface area contributed by atoms with Crippen LogP contribution in [-0.4, -0.2) is 11.0 Å². The molecule has 0 N–H and O–H groups in total. The summed E-state index contributed by atoms with van der Waals surface area (Å²) in [7, 11) is 0. The summed E-state index contributed by atoms with van der Waals surface area (Å²) in [6.45, 7) is 3.20. The van der Waals surface area contributed by atoms with Gasteiger partial charge in [-0.3, -0.25) is 9.78 Å². The predicted molar refractivity (Wildman–Crippen MR) is 74.9 cm³/mol. The molecule has 2 rings (SSSR count). The van der Waals surface area contributed by atoms with Crippen LogP contribution >= 0.6 is 0 Å². The molecule has 3 nitrogen and oxygen atoms in total. The van der Waals surface area contributed by atoms with Gasteiger partial charge in [0.15, 0.2) is 0 Å². The van der Waals surface area contributed by atoms with Crippen molar-refractivity contribution in [2.45, 2.75) is 26.6 Å². The minimum atomic E-state index is -4.35.